The molecule has 122 valence electrons. The highest BCUT2D eigenvalue weighted by Gasteiger charge is 2.21. The van der Waals surface area contributed by atoms with Gasteiger partial charge in [0.2, 0.25) is 5.95 Å². The predicted octanol–water partition coefficient (Wildman–Crippen LogP) is 1.76. The third-order valence-electron chi connectivity index (χ3n) is 3.93. The van der Waals surface area contributed by atoms with Gasteiger partial charge in [0.25, 0.3) is 0 Å². The molecule has 7 nitrogen and oxygen atoms in total. The molecule has 7 heteroatoms. The Kier molecular flexibility index (Phi) is 4.66. The first kappa shape index (κ1) is 15.6. The Bertz CT molecular complexity index is 654. The number of aromatic nitrogens is 4. The summed E-state index contributed by atoms with van der Waals surface area (Å²) in [6, 6.07) is 2.06. The molecular weight excluding hydrogens is 292 g/mol. The van der Waals surface area contributed by atoms with Gasteiger partial charge in [0, 0.05) is 57.2 Å². The molecule has 0 aliphatic carbocycles. The second kappa shape index (κ2) is 6.87. The van der Waals surface area contributed by atoms with E-state index in [1.165, 1.54) is 0 Å². The van der Waals surface area contributed by atoms with Gasteiger partial charge in [0.1, 0.15) is 11.6 Å². The van der Waals surface area contributed by atoms with Gasteiger partial charge < -0.3 is 15.0 Å². The van der Waals surface area contributed by atoms with Gasteiger partial charge in [0.05, 0.1) is 12.3 Å². The Hall–Kier alpha value is -2.28. The molecule has 0 saturated carbocycles. The van der Waals surface area contributed by atoms with Gasteiger partial charge in [-0.2, -0.15) is 0 Å². The molecule has 1 unspecified atom stereocenters. The zero-order valence-corrected chi connectivity index (χ0v) is 13.8. The molecule has 1 saturated heterocycles. The van der Waals surface area contributed by atoms with Gasteiger partial charge in [-0.3, -0.25) is 0 Å². The number of hydrogen-bond donors (Lipinski definition) is 1. The van der Waals surface area contributed by atoms with Crippen molar-refractivity contribution in [3.05, 3.63) is 35.5 Å². The van der Waals surface area contributed by atoms with E-state index in [1.54, 1.807) is 7.05 Å². The van der Waals surface area contributed by atoms with Crippen LogP contribution < -0.4 is 10.2 Å². The quantitative estimate of drug-likeness (QED) is 0.901. The first-order valence-corrected chi connectivity index (χ1v) is 7.79. The van der Waals surface area contributed by atoms with Gasteiger partial charge in [0.15, 0.2) is 0 Å². The minimum absolute atomic E-state index is 0.377. The fourth-order valence-electron chi connectivity index (χ4n) is 2.67. The monoisotopic (exact) mass is 314 g/mol. The Labute approximate surface area is 136 Å². The fraction of sp³-hybridized carbons (Fsp3) is 0.500. The number of nitrogens with zero attached hydrogens (tertiary/aromatic N) is 5. The van der Waals surface area contributed by atoms with Crippen LogP contribution in [0.3, 0.4) is 0 Å². The highest BCUT2D eigenvalue weighted by Crippen LogP contribution is 2.26. The molecule has 0 spiro atoms. The average molecular weight is 314 g/mol. The number of aryl methyl sites for hydroxylation is 1. The summed E-state index contributed by atoms with van der Waals surface area (Å²) in [5.74, 6) is 2.70. The number of hydrogen-bond acceptors (Lipinski definition) is 7. The van der Waals surface area contributed by atoms with E-state index in [0.717, 1.165) is 42.5 Å². The summed E-state index contributed by atoms with van der Waals surface area (Å²) in [6.07, 6.45) is 4.68. The van der Waals surface area contributed by atoms with Crippen LogP contribution in [0.1, 0.15) is 29.4 Å². The summed E-state index contributed by atoms with van der Waals surface area (Å²) >= 11 is 0. The summed E-state index contributed by atoms with van der Waals surface area (Å²) in [7, 11) is 3.82. The van der Waals surface area contributed by atoms with Crippen molar-refractivity contribution in [2.45, 2.75) is 25.8 Å². The molecule has 2 aromatic rings. The van der Waals surface area contributed by atoms with Crippen molar-refractivity contribution in [2.75, 3.05) is 37.5 Å². The molecule has 23 heavy (non-hydrogen) atoms. The minimum Gasteiger partial charge on any atom is -0.381 e. The summed E-state index contributed by atoms with van der Waals surface area (Å²) in [5.41, 5.74) is 2.10. The van der Waals surface area contributed by atoms with Gasteiger partial charge in [-0.25, -0.2) is 19.9 Å². The Balaban J connectivity index is 1.76. The van der Waals surface area contributed by atoms with Crippen molar-refractivity contribution < 1.29 is 4.74 Å². The molecule has 0 radical (unpaired) electrons. The van der Waals surface area contributed by atoms with E-state index in [2.05, 4.69) is 36.2 Å². The van der Waals surface area contributed by atoms with Crippen LogP contribution in [-0.4, -0.2) is 47.2 Å². The van der Waals surface area contributed by atoms with Crippen LogP contribution in [0.15, 0.2) is 18.5 Å². The maximum Gasteiger partial charge on any atom is 0.222 e. The molecule has 1 aliphatic heterocycles. The first-order chi connectivity index (χ1) is 11.2. The van der Waals surface area contributed by atoms with E-state index >= 15 is 0 Å². The van der Waals surface area contributed by atoms with E-state index in [4.69, 9.17) is 4.74 Å². The van der Waals surface area contributed by atoms with E-state index in [1.807, 2.05) is 26.4 Å². The van der Waals surface area contributed by atoms with Crippen molar-refractivity contribution in [3.8, 4) is 0 Å². The number of ether oxygens (including phenoxy) is 1. The van der Waals surface area contributed by atoms with Crippen molar-refractivity contribution in [2.24, 2.45) is 0 Å². The SMILES string of the molecule is CNc1ncc(CN(C)c2cc(C3CCOC3)nc(C)n2)cn1. The number of nitrogens with one attached hydrogen (secondary N) is 1. The molecule has 0 bridgehead atoms. The maximum atomic E-state index is 5.47. The van der Waals surface area contributed by atoms with E-state index in [9.17, 15) is 0 Å². The molecule has 0 aromatic carbocycles. The molecule has 2 aromatic heterocycles. The van der Waals surface area contributed by atoms with Crippen LogP contribution in [-0.2, 0) is 11.3 Å². The number of anilines is 2. The van der Waals surface area contributed by atoms with Crippen molar-refractivity contribution in [1.29, 1.82) is 0 Å². The Morgan fingerprint density at radius 2 is 2.09 bits per heavy atom. The predicted molar refractivity (Wildman–Crippen MR) is 88.6 cm³/mol. The third-order valence-corrected chi connectivity index (χ3v) is 3.93. The van der Waals surface area contributed by atoms with Crippen LogP contribution in [0.25, 0.3) is 0 Å². The second-order valence-corrected chi connectivity index (χ2v) is 5.78. The van der Waals surface area contributed by atoms with Crippen LogP contribution >= 0.6 is 0 Å². The molecule has 1 fully saturated rings. The lowest BCUT2D eigenvalue weighted by Crippen LogP contribution is -2.19. The smallest absolute Gasteiger partial charge is 0.222 e. The highest BCUT2D eigenvalue weighted by atomic mass is 16.5. The molecule has 1 aliphatic rings. The summed E-state index contributed by atoms with van der Waals surface area (Å²) in [5, 5.41) is 2.92. The van der Waals surface area contributed by atoms with Crippen molar-refractivity contribution in [3.63, 3.8) is 0 Å². The first-order valence-electron chi connectivity index (χ1n) is 7.79. The van der Waals surface area contributed by atoms with Gasteiger partial charge in [-0.15, -0.1) is 0 Å². The molecule has 1 N–H and O–H groups in total. The van der Waals surface area contributed by atoms with Crippen LogP contribution in [0, 0.1) is 6.92 Å². The van der Waals surface area contributed by atoms with E-state index in [0.29, 0.717) is 18.4 Å². The summed E-state index contributed by atoms with van der Waals surface area (Å²) in [4.78, 5) is 19.7. The maximum absolute atomic E-state index is 5.47. The zero-order chi connectivity index (χ0) is 16.2. The third kappa shape index (κ3) is 3.73. The van der Waals surface area contributed by atoms with Gasteiger partial charge in [-0.1, -0.05) is 0 Å². The molecule has 3 heterocycles. The van der Waals surface area contributed by atoms with Crippen LogP contribution in [0.4, 0.5) is 11.8 Å². The summed E-state index contributed by atoms with van der Waals surface area (Å²) in [6.45, 7) is 4.19. The molecule has 3 rings (SSSR count). The second-order valence-electron chi connectivity index (χ2n) is 5.78. The molecule has 0 amide bonds. The highest BCUT2D eigenvalue weighted by molar-refractivity contribution is 5.41. The minimum atomic E-state index is 0.377. The van der Waals surface area contributed by atoms with Crippen molar-refractivity contribution in [1.82, 2.24) is 19.9 Å². The van der Waals surface area contributed by atoms with Crippen LogP contribution in [0.5, 0.6) is 0 Å². The van der Waals surface area contributed by atoms with E-state index in [-0.39, 0.29) is 0 Å². The van der Waals surface area contributed by atoms with Gasteiger partial charge in [-0.05, 0) is 13.3 Å². The molecular formula is C16H22N6O. The lowest BCUT2D eigenvalue weighted by Gasteiger charge is -2.20. The lowest BCUT2D eigenvalue weighted by molar-refractivity contribution is 0.193. The van der Waals surface area contributed by atoms with E-state index < -0.39 is 0 Å². The normalized spacial score (nSPS) is 17.3. The standard InChI is InChI=1S/C16H22N6O/c1-11-20-14(13-4-5-23-10-13)6-15(21-11)22(3)9-12-7-18-16(17-2)19-8-12/h6-8,13H,4-5,9-10H2,1-3H3,(H,17,18,19). The Morgan fingerprint density at radius 1 is 1.30 bits per heavy atom. The molecule has 1 atom stereocenters. The Morgan fingerprint density at radius 3 is 2.74 bits per heavy atom. The topological polar surface area (TPSA) is 76.1 Å². The zero-order valence-electron chi connectivity index (χ0n) is 13.8. The van der Waals surface area contributed by atoms with Crippen molar-refractivity contribution >= 4 is 11.8 Å². The van der Waals surface area contributed by atoms with Crippen LogP contribution in [0.2, 0.25) is 0 Å². The fourth-order valence-corrected chi connectivity index (χ4v) is 2.67. The lowest BCUT2D eigenvalue weighted by atomic mass is 10.0. The largest absolute Gasteiger partial charge is 0.381 e. The summed E-state index contributed by atoms with van der Waals surface area (Å²) < 4.78 is 5.47. The average Bonchev–Trinajstić information content (AvgIpc) is 3.09. The number of rotatable bonds is 5. The van der Waals surface area contributed by atoms with Gasteiger partial charge >= 0.3 is 0 Å².